The second-order valence-corrected chi connectivity index (χ2v) is 5.62. The number of rotatable bonds is 4. The van der Waals surface area contributed by atoms with E-state index in [2.05, 4.69) is 81.4 Å². The number of dihydropyridines is 1. The van der Waals surface area contributed by atoms with Gasteiger partial charge in [-0.25, -0.2) is 0 Å². The van der Waals surface area contributed by atoms with Gasteiger partial charge in [0.05, 0.1) is 5.54 Å². The SMILES string of the molecule is C=CC(C)(CC)C1(C)C=C(c2ccccc2)C=CN1. The molecule has 0 spiro atoms. The van der Waals surface area contributed by atoms with E-state index in [1.807, 2.05) is 6.07 Å². The molecule has 2 rings (SSSR count). The zero-order chi connectivity index (χ0) is 13.9. The molecule has 0 radical (unpaired) electrons. The van der Waals surface area contributed by atoms with Crippen molar-refractivity contribution in [2.75, 3.05) is 0 Å². The van der Waals surface area contributed by atoms with E-state index in [0.29, 0.717) is 0 Å². The Hall–Kier alpha value is -1.76. The van der Waals surface area contributed by atoms with E-state index < -0.39 is 0 Å². The van der Waals surface area contributed by atoms with Crippen LogP contribution in [0.15, 0.2) is 61.3 Å². The fraction of sp³-hybridized carbons (Fsp3) is 0.333. The molecule has 2 atom stereocenters. The van der Waals surface area contributed by atoms with Crippen molar-refractivity contribution in [3.8, 4) is 0 Å². The van der Waals surface area contributed by atoms with Crippen molar-refractivity contribution in [1.82, 2.24) is 5.32 Å². The van der Waals surface area contributed by atoms with E-state index >= 15 is 0 Å². The van der Waals surface area contributed by atoms with Crippen LogP contribution in [0.4, 0.5) is 0 Å². The topological polar surface area (TPSA) is 12.0 Å². The van der Waals surface area contributed by atoms with Gasteiger partial charge in [0.1, 0.15) is 0 Å². The molecule has 1 nitrogen and oxygen atoms in total. The highest BCUT2D eigenvalue weighted by atomic mass is 15.0. The summed E-state index contributed by atoms with van der Waals surface area (Å²) in [5, 5.41) is 3.51. The zero-order valence-corrected chi connectivity index (χ0v) is 12.1. The normalized spacial score (nSPS) is 25.1. The summed E-state index contributed by atoms with van der Waals surface area (Å²) in [4.78, 5) is 0. The van der Waals surface area contributed by atoms with Gasteiger partial charge in [0.2, 0.25) is 0 Å². The molecule has 1 aliphatic heterocycles. The van der Waals surface area contributed by atoms with Crippen LogP contribution < -0.4 is 5.32 Å². The maximum atomic E-state index is 4.03. The highest BCUT2D eigenvalue weighted by Gasteiger charge is 2.40. The number of benzene rings is 1. The number of nitrogens with one attached hydrogen (secondary N) is 1. The van der Waals surface area contributed by atoms with Gasteiger partial charge in [-0.15, -0.1) is 6.58 Å². The van der Waals surface area contributed by atoms with Gasteiger partial charge in [-0.1, -0.05) is 56.3 Å². The number of hydrogen-bond donors (Lipinski definition) is 1. The van der Waals surface area contributed by atoms with Crippen LogP contribution in [-0.4, -0.2) is 5.54 Å². The molecule has 1 heterocycles. The van der Waals surface area contributed by atoms with E-state index in [-0.39, 0.29) is 11.0 Å². The van der Waals surface area contributed by atoms with Crippen LogP contribution in [0.25, 0.3) is 5.57 Å². The van der Waals surface area contributed by atoms with Crippen molar-refractivity contribution in [3.05, 3.63) is 66.9 Å². The molecule has 0 fully saturated rings. The molecule has 0 aromatic heterocycles. The predicted octanol–water partition coefficient (Wildman–Crippen LogP) is 4.55. The molecular formula is C18H23N. The number of hydrogen-bond acceptors (Lipinski definition) is 1. The third-order valence-electron chi connectivity index (χ3n) is 4.57. The second-order valence-electron chi connectivity index (χ2n) is 5.62. The third kappa shape index (κ3) is 2.37. The average molecular weight is 253 g/mol. The molecule has 1 aromatic rings. The first kappa shape index (κ1) is 13.7. The van der Waals surface area contributed by atoms with E-state index in [1.54, 1.807) is 0 Å². The standard InChI is InChI=1S/C18H23N/c1-5-17(3,6-2)18(4)14-16(12-13-19-18)15-10-8-7-9-11-15/h5,7-14,19H,1,6H2,2-4H3. The highest BCUT2D eigenvalue weighted by molar-refractivity contribution is 5.76. The predicted molar refractivity (Wildman–Crippen MR) is 83.7 cm³/mol. The van der Waals surface area contributed by atoms with Gasteiger partial charge in [-0.05, 0) is 36.8 Å². The molecule has 1 N–H and O–H groups in total. The molecule has 0 aliphatic carbocycles. The molecule has 0 saturated heterocycles. The Bertz CT molecular complexity index is 512. The monoisotopic (exact) mass is 253 g/mol. The minimum absolute atomic E-state index is 0.0256. The molecule has 100 valence electrons. The maximum Gasteiger partial charge on any atom is 0.0619 e. The Labute approximate surface area is 116 Å². The highest BCUT2D eigenvalue weighted by Crippen LogP contribution is 2.40. The van der Waals surface area contributed by atoms with E-state index in [1.165, 1.54) is 11.1 Å². The quantitative estimate of drug-likeness (QED) is 0.776. The fourth-order valence-electron chi connectivity index (χ4n) is 2.57. The molecular weight excluding hydrogens is 230 g/mol. The first-order valence-corrected chi connectivity index (χ1v) is 6.91. The van der Waals surface area contributed by atoms with Crippen LogP contribution in [0, 0.1) is 5.41 Å². The molecule has 0 amide bonds. The lowest BCUT2D eigenvalue weighted by molar-refractivity contribution is 0.233. The summed E-state index contributed by atoms with van der Waals surface area (Å²) >= 11 is 0. The van der Waals surface area contributed by atoms with Crippen LogP contribution in [-0.2, 0) is 0 Å². The molecule has 1 aromatic carbocycles. The summed E-state index contributed by atoms with van der Waals surface area (Å²) < 4.78 is 0. The van der Waals surface area contributed by atoms with Gasteiger partial charge in [-0.2, -0.15) is 0 Å². The summed E-state index contributed by atoms with van der Waals surface area (Å²) in [6, 6.07) is 10.5. The van der Waals surface area contributed by atoms with Crippen LogP contribution in [0.1, 0.15) is 32.8 Å². The summed E-state index contributed by atoms with van der Waals surface area (Å²) in [5.74, 6) is 0. The second kappa shape index (κ2) is 5.08. The lowest BCUT2D eigenvalue weighted by atomic mass is 9.68. The molecule has 19 heavy (non-hydrogen) atoms. The zero-order valence-electron chi connectivity index (χ0n) is 12.1. The summed E-state index contributed by atoms with van der Waals surface area (Å²) in [6.07, 6.45) is 9.63. The lowest BCUT2D eigenvalue weighted by Gasteiger charge is -2.44. The van der Waals surface area contributed by atoms with E-state index in [0.717, 1.165) is 6.42 Å². The largest absolute Gasteiger partial charge is 0.381 e. The smallest absolute Gasteiger partial charge is 0.0619 e. The van der Waals surface area contributed by atoms with E-state index in [9.17, 15) is 0 Å². The van der Waals surface area contributed by atoms with Crippen LogP contribution >= 0.6 is 0 Å². The van der Waals surface area contributed by atoms with Crippen molar-refractivity contribution in [2.24, 2.45) is 5.41 Å². The number of allylic oxidation sites excluding steroid dienone is 2. The minimum atomic E-state index is -0.108. The fourth-order valence-corrected chi connectivity index (χ4v) is 2.57. The molecule has 0 saturated carbocycles. The van der Waals surface area contributed by atoms with Gasteiger partial charge in [0.25, 0.3) is 0 Å². The van der Waals surface area contributed by atoms with Gasteiger partial charge in [0.15, 0.2) is 0 Å². The first-order valence-electron chi connectivity index (χ1n) is 6.91. The van der Waals surface area contributed by atoms with Crippen molar-refractivity contribution in [3.63, 3.8) is 0 Å². The Morgan fingerprint density at radius 1 is 1.32 bits per heavy atom. The Kier molecular flexibility index (Phi) is 3.66. The molecule has 1 heteroatoms. The van der Waals surface area contributed by atoms with Crippen molar-refractivity contribution in [1.29, 1.82) is 0 Å². The van der Waals surface area contributed by atoms with Crippen LogP contribution in [0.3, 0.4) is 0 Å². The van der Waals surface area contributed by atoms with Crippen LogP contribution in [0.5, 0.6) is 0 Å². The van der Waals surface area contributed by atoms with Gasteiger partial charge in [-0.3, -0.25) is 0 Å². The van der Waals surface area contributed by atoms with Gasteiger partial charge in [0, 0.05) is 5.41 Å². The van der Waals surface area contributed by atoms with Crippen molar-refractivity contribution < 1.29 is 0 Å². The summed E-state index contributed by atoms with van der Waals surface area (Å²) in [7, 11) is 0. The third-order valence-corrected chi connectivity index (χ3v) is 4.57. The lowest BCUT2D eigenvalue weighted by Crippen LogP contribution is -2.51. The molecule has 0 bridgehead atoms. The van der Waals surface area contributed by atoms with Crippen molar-refractivity contribution in [2.45, 2.75) is 32.7 Å². The van der Waals surface area contributed by atoms with Gasteiger partial charge < -0.3 is 5.32 Å². The Morgan fingerprint density at radius 2 is 2.00 bits per heavy atom. The average Bonchev–Trinajstić information content (AvgIpc) is 2.47. The maximum absolute atomic E-state index is 4.03. The summed E-state index contributed by atoms with van der Waals surface area (Å²) in [6.45, 7) is 10.7. The molecule has 2 unspecified atom stereocenters. The first-order chi connectivity index (χ1) is 9.04. The van der Waals surface area contributed by atoms with Crippen molar-refractivity contribution >= 4 is 5.57 Å². The summed E-state index contributed by atoms with van der Waals surface area (Å²) in [5.41, 5.74) is 2.44. The van der Waals surface area contributed by atoms with E-state index in [4.69, 9.17) is 0 Å². The minimum Gasteiger partial charge on any atom is -0.381 e. The van der Waals surface area contributed by atoms with Gasteiger partial charge >= 0.3 is 0 Å². The Balaban J connectivity index is 2.43. The Morgan fingerprint density at radius 3 is 2.58 bits per heavy atom. The van der Waals surface area contributed by atoms with Crippen LogP contribution in [0.2, 0.25) is 0 Å². The molecule has 1 aliphatic rings.